The molecule has 0 amide bonds. The summed E-state index contributed by atoms with van der Waals surface area (Å²) in [6, 6.07) is 14.1. The van der Waals surface area contributed by atoms with Gasteiger partial charge in [-0.25, -0.2) is 0 Å². The van der Waals surface area contributed by atoms with E-state index in [1.54, 1.807) is 0 Å². The average Bonchev–Trinajstić information content (AvgIpc) is 2.45. The molecule has 1 nitrogen and oxygen atoms in total. The second-order valence-electron chi connectivity index (χ2n) is 5.04. The predicted molar refractivity (Wildman–Crippen MR) is 85.9 cm³/mol. The summed E-state index contributed by atoms with van der Waals surface area (Å²) in [5.74, 6) is 1.64. The Kier molecular flexibility index (Phi) is 5.33. The van der Waals surface area contributed by atoms with Gasteiger partial charge in [0.2, 0.25) is 0 Å². The van der Waals surface area contributed by atoms with E-state index >= 15 is 0 Å². The van der Waals surface area contributed by atoms with E-state index in [2.05, 4.69) is 38.1 Å². The highest BCUT2D eigenvalue weighted by Gasteiger charge is 2.07. The second kappa shape index (κ2) is 7.01. The van der Waals surface area contributed by atoms with Gasteiger partial charge in [0.1, 0.15) is 12.4 Å². The average molecular weight is 309 g/mol. The zero-order valence-corrected chi connectivity index (χ0v) is 13.2. The SMILES string of the molecule is CC(C)c1ccc(COc2cccc(Cl)c2CCl)cc1. The van der Waals surface area contributed by atoms with Gasteiger partial charge in [0.15, 0.2) is 0 Å². The van der Waals surface area contributed by atoms with Crippen LogP contribution >= 0.6 is 23.2 Å². The zero-order chi connectivity index (χ0) is 14.5. The number of alkyl halides is 1. The minimum atomic E-state index is 0.349. The molecule has 0 radical (unpaired) electrons. The molecule has 20 heavy (non-hydrogen) atoms. The molecule has 0 fully saturated rings. The van der Waals surface area contributed by atoms with Crippen LogP contribution in [0.5, 0.6) is 5.75 Å². The largest absolute Gasteiger partial charge is 0.489 e. The number of hydrogen-bond donors (Lipinski definition) is 0. The fourth-order valence-electron chi connectivity index (χ4n) is 1.96. The lowest BCUT2D eigenvalue weighted by atomic mass is 10.0. The van der Waals surface area contributed by atoms with Crippen LogP contribution in [-0.2, 0) is 12.5 Å². The molecular formula is C17H18Cl2O. The standard InChI is InChI=1S/C17H18Cl2O/c1-12(2)14-8-6-13(7-9-14)11-20-17-5-3-4-16(19)15(17)10-18/h3-9,12H,10-11H2,1-2H3. The van der Waals surface area contributed by atoms with Crippen molar-refractivity contribution in [3.63, 3.8) is 0 Å². The summed E-state index contributed by atoms with van der Waals surface area (Å²) in [5, 5.41) is 0.646. The molecule has 0 aromatic heterocycles. The molecule has 2 aromatic rings. The first-order valence-electron chi connectivity index (χ1n) is 6.66. The molecule has 0 heterocycles. The van der Waals surface area contributed by atoms with Crippen molar-refractivity contribution in [2.45, 2.75) is 32.3 Å². The van der Waals surface area contributed by atoms with Crippen molar-refractivity contribution >= 4 is 23.2 Å². The Labute approximate surface area is 130 Å². The second-order valence-corrected chi connectivity index (χ2v) is 5.71. The van der Waals surface area contributed by atoms with Crippen LogP contribution in [0.2, 0.25) is 5.02 Å². The highest BCUT2D eigenvalue weighted by molar-refractivity contribution is 6.32. The van der Waals surface area contributed by atoms with Crippen molar-refractivity contribution in [3.05, 3.63) is 64.2 Å². The van der Waals surface area contributed by atoms with Gasteiger partial charge in [-0.1, -0.05) is 55.8 Å². The van der Waals surface area contributed by atoms with E-state index in [1.165, 1.54) is 5.56 Å². The molecule has 0 spiro atoms. The molecule has 0 aliphatic heterocycles. The number of rotatable bonds is 5. The van der Waals surface area contributed by atoms with Crippen molar-refractivity contribution in [2.24, 2.45) is 0 Å². The Balaban J connectivity index is 2.07. The minimum absolute atomic E-state index is 0.349. The lowest BCUT2D eigenvalue weighted by Crippen LogP contribution is -1.99. The number of ether oxygens (including phenoxy) is 1. The van der Waals surface area contributed by atoms with Gasteiger partial charge in [-0.2, -0.15) is 0 Å². The maximum atomic E-state index is 6.10. The Morgan fingerprint density at radius 3 is 2.35 bits per heavy atom. The van der Waals surface area contributed by atoms with Crippen molar-refractivity contribution in [3.8, 4) is 5.75 Å². The molecule has 106 valence electrons. The van der Waals surface area contributed by atoms with Crippen LogP contribution in [0.15, 0.2) is 42.5 Å². The molecular weight excluding hydrogens is 291 g/mol. The molecule has 3 heteroatoms. The molecule has 2 rings (SSSR count). The van der Waals surface area contributed by atoms with Crippen molar-refractivity contribution < 1.29 is 4.74 Å². The van der Waals surface area contributed by atoms with Crippen LogP contribution in [-0.4, -0.2) is 0 Å². The first-order chi connectivity index (χ1) is 9.61. The predicted octanol–water partition coefficient (Wildman–Crippen LogP) is 5.78. The Morgan fingerprint density at radius 2 is 1.75 bits per heavy atom. The van der Waals surface area contributed by atoms with E-state index < -0.39 is 0 Å². The topological polar surface area (TPSA) is 9.23 Å². The van der Waals surface area contributed by atoms with E-state index in [0.29, 0.717) is 23.4 Å². The molecule has 0 saturated carbocycles. The quantitative estimate of drug-likeness (QED) is 0.636. The molecule has 0 unspecified atom stereocenters. The third-order valence-electron chi connectivity index (χ3n) is 3.25. The Bertz CT molecular complexity index is 562. The summed E-state index contributed by atoms with van der Waals surface area (Å²) in [4.78, 5) is 0. The van der Waals surface area contributed by atoms with Gasteiger partial charge in [0.05, 0.1) is 5.88 Å². The maximum absolute atomic E-state index is 6.10. The Morgan fingerprint density at radius 1 is 1.05 bits per heavy atom. The highest BCUT2D eigenvalue weighted by atomic mass is 35.5. The summed E-state index contributed by atoms with van der Waals surface area (Å²) in [6.45, 7) is 4.89. The molecule has 0 aliphatic carbocycles. The van der Waals surface area contributed by atoms with Gasteiger partial charge in [-0.05, 0) is 29.2 Å². The summed E-state index contributed by atoms with van der Waals surface area (Å²) in [5.41, 5.74) is 3.31. The van der Waals surface area contributed by atoms with Gasteiger partial charge in [-0.15, -0.1) is 11.6 Å². The molecule has 0 aliphatic rings. The summed E-state index contributed by atoms with van der Waals surface area (Å²) in [6.07, 6.45) is 0. The van der Waals surface area contributed by atoms with Crippen LogP contribution in [0.3, 0.4) is 0 Å². The van der Waals surface area contributed by atoms with Crippen molar-refractivity contribution in [1.29, 1.82) is 0 Å². The smallest absolute Gasteiger partial charge is 0.125 e. The first-order valence-corrected chi connectivity index (χ1v) is 7.58. The van der Waals surface area contributed by atoms with Crippen LogP contribution in [0.1, 0.15) is 36.5 Å². The lowest BCUT2D eigenvalue weighted by Gasteiger charge is -2.12. The van der Waals surface area contributed by atoms with Gasteiger partial charge in [0.25, 0.3) is 0 Å². The third-order valence-corrected chi connectivity index (χ3v) is 3.87. The minimum Gasteiger partial charge on any atom is -0.489 e. The van der Waals surface area contributed by atoms with Crippen LogP contribution in [0.4, 0.5) is 0 Å². The van der Waals surface area contributed by atoms with Gasteiger partial charge < -0.3 is 4.74 Å². The monoisotopic (exact) mass is 308 g/mol. The lowest BCUT2D eigenvalue weighted by molar-refractivity contribution is 0.304. The molecule has 0 N–H and O–H groups in total. The summed E-state index contributed by atoms with van der Waals surface area (Å²) >= 11 is 12.0. The van der Waals surface area contributed by atoms with E-state index in [9.17, 15) is 0 Å². The Hall–Kier alpha value is -1.18. The van der Waals surface area contributed by atoms with Crippen molar-refractivity contribution in [1.82, 2.24) is 0 Å². The van der Waals surface area contributed by atoms with E-state index in [4.69, 9.17) is 27.9 Å². The molecule has 0 saturated heterocycles. The fourth-order valence-corrected chi connectivity index (χ4v) is 2.54. The first kappa shape index (κ1) is 15.2. The molecule has 2 aromatic carbocycles. The highest BCUT2D eigenvalue weighted by Crippen LogP contribution is 2.28. The summed E-state index contributed by atoms with van der Waals surface area (Å²) in [7, 11) is 0. The zero-order valence-electron chi connectivity index (χ0n) is 11.7. The normalized spacial score (nSPS) is 10.8. The molecule has 0 atom stereocenters. The van der Waals surface area contributed by atoms with Crippen LogP contribution < -0.4 is 4.74 Å². The number of halogens is 2. The maximum Gasteiger partial charge on any atom is 0.125 e. The fraction of sp³-hybridized carbons (Fsp3) is 0.294. The van der Waals surface area contributed by atoms with E-state index in [-0.39, 0.29) is 0 Å². The third kappa shape index (κ3) is 3.68. The van der Waals surface area contributed by atoms with Gasteiger partial charge in [0, 0.05) is 10.6 Å². The van der Waals surface area contributed by atoms with E-state index in [0.717, 1.165) is 16.9 Å². The summed E-state index contributed by atoms with van der Waals surface area (Å²) < 4.78 is 5.83. The van der Waals surface area contributed by atoms with Gasteiger partial charge in [-0.3, -0.25) is 0 Å². The van der Waals surface area contributed by atoms with E-state index in [1.807, 2.05) is 18.2 Å². The number of benzene rings is 2. The van der Waals surface area contributed by atoms with Crippen molar-refractivity contribution in [2.75, 3.05) is 0 Å². The van der Waals surface area contributed by atoms with Gasteiger partial charge >= 0.3 is 0 Å². The molecule has 0 bridgehead atoms. The number of hydrogen-bond acceptors (Lipinski definition) is 1. The van der Waals surface area contributed by atoms with Crippen LogP contribution in [0, 0.1) is 0 Å². The van der Waals surface area contributed by atoms with Crippen LogP contribution in [0.25, 0.3) is 0 Å².